The zero-order valence-electron chi connectivity index (χ0n) is 20.1. The summed E-state index contributed by atoms with van der Waals surface area (Å²) in [5.74, 6) is -0.202. The van der Waals surface area contributed by atoms with Crippen LogP contribution in [0.25, 0.3) is 5.13 Å². The average Bonchev–Trinajstić information content (AvgIpc) is 3.58. The van der Waals surface area contributed by atoms with Crippen molar-refractivity contribution >= 4 is 45.9 Å². The van der Waals surface area contributed by atoms with E-state index in [1.165, 1.54) is 7.11 Å². The molecule has 1 saturated heterocycles. The Kier molecular flexibility index (Phi) is 6.82. The maximum atomic E-state index is 11.9. The number of aromatic nitrogens is 3. The number of nitrogens with one attached hydrogen (secondary N) is 2. The van der Waals surface area contributed by atoms with E-state index < -0.39 is 0 Å². The van der Waals surface area contributed by atoms with E-state index in [4.69, 9.17) is 17.0 Å². The number of carbonyl (C=O) groups excluding carboxylic acids is 1. The third-order valence-electron chi connectivity index (χ3n) is 6.20. The third-order valence-corrected chi connectivity index (χ3v) is 7.27. The summed E-state index contributed by atoms with van der Waals surface area (Å²) in [6.45, 7) is 4.22. The fraction of sp³-hybridized carbons (Fsp3) is 0.231. The van der Waals surface area contributed by atoms with E-state index in [2.05, 4.69) is 50.0 Å². The Labute approximate surface area is 219 Å². The second-order valence-electron chi connectivity index (χ2n) is 8.50. The van der Waals surface area contributed by atoms with E-state index >= 15 is 0 Å². The molecule has 2 atom stereocenters. The van der Waals surface area contributed by atoms with E-state index in [1.54, 1.807) is 17.5 Å². The lowest BCUT2D eigenvalue weighted by atomic mass is 9.96. The fourth-order valence-electron chi connectivity index (χ4n) is 4.69. The molecule has 1 aliphatic heterocycles. The third kappa shape index (κ3) is 4.50. The molecule has 0 radical (unpaired) electrons. The second-order valence-corrected chi connectivity index (χ2v) is 9.76. The van der Waals surface area contributed by atoms with Crippen LogP contribution in [0.5, 0.6) is 0 Å². The predicted molar refractivity (Wildman–Crippen MR) is 146 cm³/mol. The lowest BCUT2D eigenvalue weighted by Gasteiger charge is -2.28. The Bertz CT molecular complexity index is 1370. The Hall–Kier alpha value is -3.60. The SMILES string of the molecule is COCC(=O)Nc1ccc(N2C(=S)NC(c3ccccn3)C2c2cc(C)n(-c3nccs3)c2C)cc1. The predicted octanol–water partition coefficient (Wildman–Crippen LogP) is 4.71. The summed E-state index contributed by atoms with van der Waals surface area (Å²) < 4.78 is 7.09. The molecule has 1 fully saturated rings. The number of hydrogen-bond donors (Lipinski definition) is 2. The van der Waals surface area contributed by atoms with Crippen LogP contribution in [-0.2, 0) is 9.53 Å². The van der Waals surface area contributed by atoms with Crippen LogP contribution in [0.1, 0.15) is 34.7 Å². The molecule has 10 heteroatoms. The van der Waals surface area contributed by atoms with Crippen molar-refractivity contribution < 1.29 is 9.53 Å². The molecular formula is C26H26N6O2S2. The summed E-state index contributed by atoms with van der Waals surface area (Å²) in [5.41, 5.74) is 5.87. The fourth-order valence-corrected chi connectivity index (χ4v) is 5.79. The van der Waals surface area contributed by atoms with Crippen LogP contribution < -0.4 is 15.5 Å². The molecule has 1 aliphatic rings. The molecule has 1 aromatic carbocycles. The van der Waals surface area contributed by atoms with Crippen molar-refractivity contribution in [2.24, 2.45) is 0 Å². The van der Waals surface area contributed by atoms with Crippen molar-refractivity contribution in [2.45, 2.75) is 25.9 Å². The minimum atomic E-state index is -0.202. The first-order chi connectivity index (χ1) is 17.5. The molecular weight excluding hydrogens is 492 g/mol. The molecule has 2 unspecified atom stereocenters. The van der Waals surface area contributed by atoms with E-state index in [0.717, 1.165) is 33.5 Å². The van der Waals surface area contributed by atoms with Gasteiger partial charge in [0.1, 0.15) is 6.61 Å². The van der Waals surface area contributed by atoms with Gasteiger partial charge in [-0.2, -0.15) is 0 Å². The van der Waals surface area contributed by atoms with Crippen LogP contribution in [0.15, 0.2) is 66.3 Å². The molecule has 8 nitrogen and oxygen atoms in total. The first kappa shape index (κ1) is 24.1. The summed E-state index contributed by atoms with van der Waals surface area (Å²) in [5, 5.41) is 9.87. The molecule has 184 valence electrons. The zero-order chi connectivity index (χ0) is 25.2. The molecule has 0 aliphatic carbocycles. The summed E-state index contributed by atoms with van der Waals surface area (Å²) in [4.78, 5) is 23.2. The van der Waals surface area contributed by atoms with E-state index in [9.17, 15) is 4.79 Å². The van der Waals surface area contributed by atoms with Gasteiger partial charge in [-0.15, -0.1) is 11.3 Å². The maximum Gasteiger partial charge on any atom is 0.250 e. The topological polar surface area (TPSA) is 84.3 Å². The monoisotopic (exact) mass is 518 g/mol. The molecule has 0 saturated carbocycles. The molecule has 5 rings (SSSR count). The zero-order valence-corrected chi connectivity index (χ0v) is 21.8. The van der Waals surface area contributed by atoms with Crippen molar-refractivity contribution in [3.05, 3.63) is 88.9 Å². The quantitative estimate of drug-likeness (QED) is 0.343. The van der Waals surface area contributed by atoms with Gasteiger partial charge in [-0.05, 0) is 74.1 Å². The van der Waals surface area contributed by atoms with Crippen LogP contribution in [0.2, 0.25) is 0 Å². The highest BCUT2D eigenvalue weighted by atomic mass is 32.1. The lowest BCUT2D eigenvalue weighted by Crippen LogP contribution is -2.29. The Morgan fingerprint density at radius 1 is 1.17 bits per heavy atom. The number of methoxy groups -OCH3 is 1. The highest BCUT2D eigenvalue weighted by molar-refractivity contribution is 7.80. The first-order valence-electron chi connectivity index (χ1n) is 11.5. The van der Waals surface area contributed by atoms with Crippen LogP contribution in [0.4, 0.5) is 11.4 Å². The van der Waals surface area contributed by atoms with Gasteiger partial charge in [-0.3, -0.25) is 14.3 Å². The largest absolute Gasteiger partial charge is 0.375 e. The van der Waals surface area contributed by atoms with Gasteiger partial charge in [0, 0.05) is 47.6 Å². The van der Waals surface area contributed by atoms with E-state index in [-0.39, 0.29) is 24.6 Å². The van der Waals surface area contributed by atoms with E-state index in [0.29, 0.717) is 10.8 Å². The van der Waals surface area contributed by atoms with Crippen molar-refractivity contribution in [1.29, 1.82) is 0 Å². The summed E-state index contributed by atoms with van der Waals surface area (Å²) in [6, 6.07) is 15.5. The number of benzene rings is 1. The van der Waals surface area contributed by atoms with Crippen LogP contribution in [-0.4, -0.2) is 39.3 Å². The highest BCUT2D eigenvalue weighted by Crippen LogP contribution is 2.44. The van der Waals surface area contributed by atoms with Gasteiger partial charge in [0.15, 0.2) is 10.2 Å². The number of ether oxygens (including phenoxy) is 1. The number of carbonyl (C=O) groups is 1. The smallest absolute Gasteiger partial charge is 0.250 e. The number of rotatable bonds is 7. The summed E-state index contributed by atoms with van der Waals surface area (Å²) >= 11 is 7.47. The molecule has 0 bridgehead atoms. The Morgan fingerprint density at radius 2 is 1.97 bits per heavy atom. The number of pyridine rings is 1. The van der Waals surface area contributed by atoms with Crippen LogP contribution in [0.3, 0.4) is 0 Å². The van der Waals surface area contributed by atoms with Gasteiger partial charge >= 0.3 is 0 Å². The molecule has 4 aromatic rings. The van der Waals surface area contributed by atoms with E-state index in [1.807, 2.05) is 54.0 Å². The number of thiocarbonyl (C=S) groups is 1. The minimum Gasteiger partial charge on any atom is -0.375 e. The van der Waals surface area contributed by atoms with Gasteiger partial charge in [0.2, 0.25) is 5.91 Å². The lowest BCUT2D eigenvalue weighted by molar-refractivity contribution is -0.119. The number of anilines is 2. The van der Waals surface area contributed by atoms with Gasteiger partial charge in [-0.1, -0.05) is 6.07 Å². The van der Waals surface area contributed by atoms with Crippen LogP contribution >= 0.6 is 23.6 Å². The number of amides is 1. The number of nitrogens with zero attached hydrogens (tertiary/aromatic N) is 4. The van der Waals surface area contributed by atoms with Gasteiger partial charge in [-0.25, -0.2) is 4.98 Å². The molecule has 1 amide bonds. The number of hydrogen-bond acceptors (Lipinski definition) is 6. The average molecular weight is 519 g/mol. The number of thiazole rings is 1. The molecule has 2 N–H and O–H groups in total. The molecule has 0 spiro atoms. The molecule has 36 heavy (non-hydrogen) atoms. The minimum absolute atomic E-state index is 0.00439. The second kappa shape index (κ2) is 10.2. The normalized spacial score (nSPS) is 17.3. The van der Waals surface area contributed by atoms with Crippen LogP contribution in [0, 0.1) is 13.8 Å². The number of aryl methyl sites for hydroxylation is 1. The standard InChI is InChI=1S/C26H26N6O2S2/c1-16-14-20(17(2)31(16)26-28-12-13-36-26)24-23(21-6-4-5-11-27-21)30-25(35)32(24)19-9-7-18(8-10-19)29-22(33)15-34-3/h4-14,23-24H,15H2,1-3H3,(H,29,33)(H,30,35). The molecule has 3 aromatic heterocycles. The highest BCUT2D eigenvalue weighted by Gasteiger charge is 2.42. The maximum absolute atomic E-state index is 11.9. The summed E-state index contributed by atoms with van der Waals surface area (Å²) in [6.07, 6.45) is 3.62. The van der Waals surface area contributed by atoms with Crippen molar-refractivity contribution in [3.63, 3.8) is 0 Å². The van der Waals surface area contributed by atoms with Gasteiger partial charge in [0.05, 0.1) is 17.8 Å². The van der Waals surface area contributed by atoms with Crippen molar-refractivity contribution in [3.8, 4) is 5.13 Å². The molecule has 4 heterocycles. The Balaban J connectivity index is 1.57. The first-order valence-corrected chi connectivity index (χ1v) is 12.7. The van der Waals surface area contributed by atoms with Gasteiger partial charge < -0.3 is 20.3 Å². The Morgan fingerprint density at radius 3 is 2.64 bits per heavy atom. The van der Waals surface area contributed by atoms with Crippen molar-refractivity contribution in [2.75, 3.05) is 23.9 Å². The van der Waals surface area contributed by atoms with Gasteiger partial charge in [0.25, 0.3) is 0 Å². The van der Waals surface area contributed by atoms with Crippen molar-refractivity contribution in [1.82, 2.24) is 19.9 Å². The summed E-state index contributed by atoms with van der Waals surface area (Å²) in [7, 11) is 1.49.